The number of hydrazone groups is 1. The molecule has 2 aromatic carbocycles. The van der Waals surface area contributed by atoms with Gasteiger partial charge in [0.2, 0.25) is 0 Å². The van der Waals surface area contributed by atoms with Gasteiger partial charge >= 0.3 is 0 Å². The van der Waals surface area contributed by atoms with Gasteiger partial charge in [0.1, 0.15) is 5.75 Å². The Hall–Kier alpha value is -2.54. The summed E-state index contributed by atoms with van der Waals surface area (Å²) in [4.78, 5) is 0. The summed E-state index contributed by atoms with van der Waals surface area (Å²) < 4.78 is 31.2. The summed E-state index contributed by atoms with van der Waals surface area (Å²) in [5, 5.41) is 7.39. The van der Waals surface area contributed by atoms with Crippen LogP contribution >= 0.6 is 12.2 Å². The van der Waals surface area contributed by atoms with Gasteiger partial charge in [0.15, 0.2) is 16.7 Å². The molecule has 0 atom stereocenters. The summed E-state index contributed by atoms with van der Waals surface area (Å²) in [5.41, 5.74) is 4.66. The number of hydrogen-bond donors (Lipinski definition) is 2. The zero-order valence-corrected chi connectivity index (χ0v) is 14.1. The molecular formula is C17H17F2N3OS. The molecule has 0 aliphatic carbocycles. The van der Waals surface area contributed by atoms with Gasteiger partial charge in [-0.1, -0.05) is 12.1 Å². The van der Waals surface area contributed by atoms with Crippen molar-refractivity contribution in [2.75, 3.05) is 7.11 Å². The van der Waals surface area contributed by atoms with Crippen LogP contribution in [0.25, 0.3) is 0 Å². The first-order chi connectivity index (χ1) is 11.5. The molecule has 0 heterocycles. The lowest BCUT2D eigenvalue weighted by atomic mass is 10.1. The third-order valence-corrected chi connectivity index (χ3v) is 3.51. The van der Waals surface area contributed by atoms with E-state index in [1.54, 1.807) is 14.0 Å². The summed E-state index contributed by atoms with van der Waals surface area (Å²) in [7, 11) is 1.61. The molecule has 0 amide bonds. The van der Waals surface area contributed by atoms with Gasteiger partial charge in [-0.05, 0) is 55.0 Å². The zero-order valence-electron chi connectivity index (χ0n) is 13.3. The molecule has 0 aliphatic heterocycles. The number of rotatable bonds is 5. The van der Waals surface area contributed by atoms with Crippen LogP contribution in [0.3, 0.4) is 0 Å². The minimum atomic E-state index is -0.915. The Morgan fingerprint density at radius 1 is 1.12 bits per heavy atom. The van der Waals surface area contributed by atoms with Gasteiger partial charge in [0.25, 0.3) is 0 Å². The number of halogens is 2. The highest BCUT2D eigenvalue weighted by Crippen LogP contribution is 2.11. The molecule has 0 bridgehead atoms. The van der Waals surface area contributed by atoms with Crippen molar-refractivity contribution in [1.82, 2.24) is 10.7 Å². The highest BCUT2D eigenvalue weighted by atomic mass is 32.1. The third-order valence-electron chi connectivity index (χ3n) is 3.27. The number of thiocarbonyl (C=S) groups is 1. The van der Waals surface area contributed by atoms with E-state index in [1.807, 2.05) is 24.3 Å². The van der Waals surface area contributed by atoms with E-state index in [-0.39, 0.29) is 0 Å². The van der Waals surface area contributed by atoms with E-state index in [1.165, 1.54) is 6.07 Å². The van der Waals surface area contributed by atoms with Gasteiger partial charge in [-0.2, -0.15) is 5.10 Å². The lowest BCUT2D eigenvalue weighted by Crippen LogP contribution is -2.32. The molecule has 0 fully saturated rings. The van der Waals surface area contributed by atoms with Gasteiger partial charge in [0, 0.05) is 12.1 Å². The van der Waals surface area contributed by atoms with Crippen molar-refractivity contribution in [1.29, 1.82) is 0 Å². The second-order valence-electron chi connectivity index (χ2n) is 4.97. The van der Waals surface area contributed by atoms with Gasteiger partial charge in [-0.3, -0.25) is 5.43 Å². The van der Waals surface area contributed by atoms with Crippen molar-refractivity contribution < 1.29 is 13.5 Å². The molecule has 24 heavy (non-hydrogen) atoms. The van der Waals surface area contributed by atoms with E-state index >= 15 is 0 Å². The fourth-order valence-corrected chi connectivity index (χ4v) is 2.00. The number of hydrogen-bond acceptors (Lipinski definition) is 3. The van der Waals surface area contributed by atoms with Gasteiger partial charge in [-0.25, -0.2) is 8.78 Å². The minimum Gasteiger partial charge on any atom is -0.497 e. The van der Waals surface area contributed by atoms with E-state index in [2.05, 4.69) is 15.8 Å². The molecular weight excluding hydrogens is 332 g/mol. The molecule has 0 unspecified atom stereocenters. The topological polar surface area (TPSA) is 45.6 Å². The molecule has 126 valence electrons. The summed E-state index contributed by atoms with van der Waals surface area (Å²) >= 11 is 5.13. The van der Waals surface area contributed by atoms with E-state index in [0.717, 1.165) is 23.4 Å². The van der Waals surface area contributed by atoms with Crippen LogP contribution in [-0.2, 0) is 6.54 Å². The lowest BCUT2D eigenvalue weighted by molar-refractivity contribution is 0.414. The van der Waals surface area contributed by atoms with E-state index in [9.17, 15) is 8.78 Å². The average Bonchev–Trinajstić information content (AvgIpc) is 2.60. The van der Waals surface area contributed by atoms with Crippen LogP contribution < -0.4 is 15.5 Å². The van der Waals surface area contributed by atoms with Crippen LogP contribution in [-0.4, -0.2) is 17.9 Å². The van der Waals surface area contributed by atoms with Crippen molar-refractivity contribution >= 4 is 23.0 Å². The Bertz CT molecular complexity index is 748. The molecule has 0 spiro atoms. The van der Waals surface area contributed by atoms with Gasteiger partial charge in [0.05, 0.1) is 12.8 Å². The number of methoxy groups -OCH3 is 1. The van der Waals surface area contributed by atoms with Crippen LogP contribution in [0.1, 0.15) is 18.1 Å². The largest absolute Gasteiger partial charge is 0.497 e. The maximum atomic E-state index is 13.2. The predicted octanol–water partition coefficient (Wildman–Crippen LogP) is 3.36. The SMILES string of the molecule is COc1ccc(CNC(=S)N/N=C(/C)c2ccc(F)c(F)c2)cc1. The highest BCUT2D eigenvalue weighted by Gasteiger charge is 2.05. The van der Waals surface area contributed by atoms with Crippen LogP contribution in [0.4, 0.5) is 8.78 Å². The Labute approximate surface area is 144 Å². The normalized spacial score (nSPS) is 11.1. The first-order valence-corrected chi connectivity index (χ1v) is 7.57. The summed E-state index contributed by atoms with van der Waals surface area (Å²) in [6.45, 7) is 2.20. The van der Waals surface area contributed by atoms with Crippen molar-refractivity contribution in [3.63, 3.8) is 0 Å². The molecule has 2 N–H and O–H groups in total. The summed E-state index contributed by atoms with van der Waals surface area (Å²) in [6.07, 6.45) is 0. The zero-order chi connectivity index (χ0) is 17.5. The maximum Gasteiger partial charge on any atom is 0.187 e. The van der Waals surface area contributed by atoms with Crippen molar-refractivity contribution in [3.05, 3.63) is 65.2 Å². The molecule has 0 saturated carbocycles. The number of benzene rings is 2. The van der Waals surface area contributed by atoms with Crippen molar-refractivity contribution in [2.45, 2.75) is 13.5 Å². The van der Waals surface area contributed by atoms with Gasteiger partial charge < -0.3 is 10.1 Å². The predicted molar refractivity (Wildman–Crippen MR) is 94.1 cm³/mol. The fraction of sp³-hybridized carbons (Fsp3) is 0.176. The summed E-state index contributed by atoms with van der Waals surface area (Å²) in [5.74, 6) is -1.02. The molecule has 2 rings (SSSR count). The molecule has 0 aliphatic rings. The fourth-order valence-electron chi connectivity index (χ4n) is 1.89. The second-order valence-corrected chi connectivity index (χ2v) is 5.38. The van der Waals surface area contributed by atoms with Crippen LogP contribution in [0, 0.1) is 11.6 Å². The molecule has 0 aromatic heterocycles. The average molecular weight is 349 g/mol. The van der Waals surface area contributed by atoms with Crippen LogP contribution in [0.2, 0.25) is 0 Å². The Balaban J connectivity index is 1.87. The Morgan fingerprint density at radius 2 is 1.83 bits per heavy atom. The molecule has 4 nitrogen and oxygen atoms in total. The van der Waals surface area contributed by atoms with E-state index < -0.39 is 11.6 Å². The molecule has 0 saturated heterocycles. The molecule has 7 heteroatoms. The first-order valence-electron chi connectivity index (χ1n) is 7.16. The number of nitrogens with zero attached hydrogens (tertiary/aromatic N) is 1. The smallest absolute Gasteiger partial charge is 0.187 e. The van der Waals surface area contributed by atoms with Gasteiger partial charge in [-0.15, -0.1) is 0 Å². The maximum absolute atomic E-state index is 13.2. The number of ether oxygens (including phenoxy) is 1. The van der Waals surface area contributed by atoms with Crippen molar-refractivity contribution in [2.24, 2.45) is 5.10 Å². The minimum absolute atomic E-state index is 0.327. The second kappa shape index (κ2) is 8.35. The van der Waals surface area contributed by atoms with Crippen molar-refractivity contribution in [3.8, 4) is 5.75 Å². The standard InChI is InChI=1S/C17H17F2N3OS/c1-11(13-5-8-15(18)16(19)9-13)21-22-17(24)20-10-12-3-6-14(23-2)7-4-12/h3-9H,10H2,1-2H3,(H2,20,22,24)/b21-11-. The number of nitrogens with one attached hydrogen (secondary N) is 2. The molecule has 2 aromatic rings. The monoisotopic (exact) mass is 349 g/mol. The Morgan fingerprint density at radius 3 is 2.46 bits per heavy atom. The first kappa shape index (κ1) is 17.8. The highest BCUT2D eigenvalue weighted by molar-refractivity contribution is 7.80. The molecule has 0 radical (unpaired) electrons. The van der Waals surface area contributed by atoms with Crippen LogP contribution in [0.15, 0.2) is 47.6 Å². The summed E-state index contributed by atoms with van der Waals surface area (Å²) in [6, 6.07) is 11.2. The third kappa shape index (κ3) is 4.99. The quantitative estimate of drug-likeness (QED) is 0.494. The van der Waals surface area contributed by atoms with E-state index in [0.29, 0.717) is 22.9 Å². The van der Waals surface area contributed by atoms with Crippen LogP contribution in [0.5, 0.6) is 5.75 Å². The lowest BCUT2D eigenvalue weighted by Gasteiger charge is -2.09. The Kier molecular flexibility index (Phi) is 6.20. The van der Waals surface area contributed by atoms with E-state index in [4.69, 9.17) is 17.0 Å².